The van der Waals surface area contributed by atoms with E-state index >= 15 is 0 Å². The molecular formula is C30H32Si4. The summed E-state index contributed by atoms with van der Waals surface area (Å²) < 4.78 is 0. The van der Waals surface area contributed by atoms with Gasteiger partial charge in [0.15, 0.2) is 0 Å². The van der Waals surface area contributed by atoms with Crippen LogP contribution in [-0.4, -0.2) is 33.0 Å². The summed E-state index contributed by atoms with van der Waals surface area (Å²) in [5, 5.41) is 15.4. The first-order chi connectivity index (χ1) is 16.2. The summed E-state index contributed by atoms with van der Waals surface area (Å²) in [6.07, 6.45) is 0. The van der Waals surface area contributed by atoms with Gasteiger partial charge in [-0.05, 0) is 100 Å². The summed E-state index contributed by atoms with van der Waals surface area (Å²) in [6, 6.07) is 34.9. The van der Waals surface area contributed by atoms with Gasteiger partial charge in [-0.15, -0.1) is 0 Å². The Morgan fingerprint density at radius 1 is 0.500 bits per heavy atom. The molecule has 0 heterocycles. The highest BCUT2D eigenvalue weighted by molar-refractivity contribution is 7.71. The minimum absolute atomic E-state index is 0.230. The number of hydrogen-bond donors (Lipinski definition) is 0. The van der Waals surface area contributed by atoms with E-state index in [-0.39, 0.29) is 9.04 Å². The van der Waals surface area contributed by atoms with Crippen LogP contribution >= 0.6 is 0 Å². The lowest BCUT2D eigenvalue weighted by atomic mass is 9.95. The highest BCUT2D eigenvalue weighted by Crippen LogP contribution is 2.33. The molecule has 0 spiro atoms. The van der Waals surface area contributed by atoms with E-state index in [1.807, 2.05) is 0 Å². The standard InChI is InChI=1S/C30H32Si4/c1-33(2,31)34(3,4)32-30-11-7-10-22-17-27-24(18-29(22)30)13-12-23-16-25-14-20-8-5-6-9-21(20)15-26(25)19-28(23)27/h5-19H,32H2,1-4,31H3. The smallest absolute Gasteiger partial charge is 0.0473 e. The summed E-state index contributed by atoms with van der Waals surface area (Å²) >= 11 is 0. The van der Waals surface area contributed by atoms with E-state index in [2.05, 4.69) is 117 Å². The van der Waals surface area contributed by atoms with E-state index in [0.717, 1.165) is 0 Å². The van der Waals surface area contributed by atoms with E-state index in [1.54, 1.807) is 5.19 Å². The van der Waals surface area contributed by atoms with Crippen LogP contribution in [0.4, 0.5) is 0 Å². The zero-order valence-electron chi connectivity index (χ0n) is 20.9. The average Bonchev–Trinajstić information content (AvgIpc) is 2.79. The number of hydrogen-bond acceptors (Lipinski definition) is 0. The molecule has 0 aliphatic heterocycles. The van der Waals surface area contributed by atoms with E-state index in [0.29, 0.717) is 0 Å². The Hall–Kier alpha value is -2.51. The third kappa shape index (κ3) is 3.60. The molecule has 0 radical (unpaired) electrons. The second-order valence-corrected chi connectivity index (χ2v) is 48.6. The van der Waals surface area contributed by atoms with E-state index in [4.69, 9.17) is 0 Å². The summed E-state index contributed by atoms with van der Waals surface area (Å²) in [4.78, 5) is 0. The molecule has 0 bridgehead atoms. The lowest BCUT2D eigenvalue weighted by molar-refractivity contribution is 1.79. The summed E-state index contributed by atoms with van der Waals surface area (Å²) in [6.45, 7) is 10.7. The van der Waals surface area contributed by atoms with Crippen molar-refractivity contribution in [2.45, 2.75) is 26.2 Å². The van der Waals surface area contributed by atoms with Crippen molar-refractivity contribution in [2.24, 2.45) is 0 Å². The molecule has 0 atom stereocenters. The second-order valence-electron chi connectivity index (χ2n) is 11.7. The molecule has 4 heteroatoms. The maximum atomic E-state index is 2.70. The number of fused-ring (bicyclic) bond motifs is 6. The fraction of sp³-hybridized carbons (Fsp3) is 0.133. The molecule has 6 aromatic carbocycles. The van der Waals surface area contributed by atoms with Crippen LogP contribution in [0.5, 0.6) is 0 Å². The molecule has 0 fully saturated rings. The Bertz CT molecular complexity index is 1740. The van der Waals surface area contributed by atoms with Gasteiger partial charge in [0, 0.05) is 23.3 Å². The molecule has 0 saturated carbocycles. The zero-order chi connectivity index (χ0) is 23.7. The molecule has 0 aliphatic rings. The fourth-order valence-electron chi connectivity index (χ4n) is 5.23. The topological polar surface area (TPSA) is 0 Å². The lowest BCUT2D eigenvalue weighted by Gasteiger charge is -2.35. The quantitative estimate of drug-likeness (QED) is 0.155. The lowest BCUT2D eigenvalue weighted by Crippen LogP contribution is -2.62. The second kappa shape index (κ2) is 7.75. The normalized spacial score (nSPS) is 13.4. The highest BCUT2D eigenvalue weighted by Gasteiger charge is 2.36. The third-order valence-electron chi connectivity index (χ3n) is 8.41. The molecule has 0 unspecified atom stereocenters. The minimum Gasteiger partial charge on any atom is -0.0740 e. The van der Waals surface area contributed by atoms with Crippen LogP contribution in [0.25, 0.3) is 53.9 Å². The van der Waals surface area contributed by atoms with E-state index in [9.17, 15) is 0 Å². The Kier molecular flexibility index (Phi) is 5.01. The molecule has 0 N–H and O–H groups in total. The molecule has 6 rings (SSSR count). The van der Waals surface area contributed by atoms with Crippen molar-refractivity contribution in [3.05, 3.63) is 91.0 Å². The van der Waals surface area contributed by atoms with Gasteiger partial charge in [0.25, 0.3) is 0 Å². The number of rotatable bonds is 3. The predicted octanol–water partition coefficient (Wildman–Crippen LogP) is 6.10. The van der Waals surface area contributed by atoms with Crippen molar-refractivity contribution >= 4 is 92.1 Å². The van der Waals surface area contributed by atoms with Gasteiger partial charge in [0.1, 0.15) is 0 Å². The fourth-order valence-corrected chi connectivity index (χ4v) is 24.1. The minimum atomic E-state index is -1.09. The van der Waals surface area contributed by atoms with E-state index < -0.39 is 14.2 Å². The van der Waals surface area contributed by atoms with Crippen LogP contribution in [0.2, 0.25) is 26.2 Å². The molecule has 6 aromatic rings. The third-order valence-corrected chi connectivity index (χ3v) is 60.0. The zero-order valence-corrected chi connectivity index (χ0v) is 26.3. The van der Waals surface area contributed by atoms with Crippen LogP contribution in [-0.2, 0) is 0 Å². The Morgan fingerprint density at radius 3 is 1.62 bits per heavy atom. The van der Waals surface area contributed by atoms with Gasteiger partial charge >= 0.3 is 0 Å². The van der Waals surface area contributed by atoms with Crippen LogP contribution in [0.1, 0.15) is 0 Å². The molecule has 0 saturated heterocycles. The van der Waals surface area contributed by atoms with Crippen molar-refractivity contribution in [1.82, 2.24) is 0 Å². The Balaban J connectivity index is 1.58. The number of benzene rings is 6. The summed E-state index contributed by atoms with van der Waals surface area (Å²) in [5.74, 6) is 0. The maximum absolute atomic E-state index is 2.70. The molecule has 0 aromatic heterocycles. The predicted molar refractivity (Wildman–Crippen MR) is 167 cm³/mol. The first-order valence-corrected chi connectivity index (χ1v) is 25.9. The molecule has 0 amide bonds. The monoisotopic (exact) mass is 504 g/mol. The first-order valence-electron chi connectivity index (χ1n) is 12.4. The van der Waals surface area contributed by atoms with E-state index in [1.165, 1.54) is 63.6 Å². The molecule has 168 valence electrons. The average molecular weight is 505 g/mol. The van der Waals surface area contributed by atoms with Crippen LogP contribution in [0.15, 0.2) is 91.0 Å². The summed E-state index contributed by atoms with van der Waals surface area (Å²) in [5.41, 5.74) is 0. The van der Waals surface area contributed by atoms with Gasteiger partial charge in [0.2, 0.25) is 0 Å². The molecule has 0 nitrogen and oxygen atoms in total. The van der Waals surface area contributed by atoms with Crippen LogP contribution < -0.4 is 5.19 Å². The van der Waals surface area contributed by atoms with Gasteiger partial charge in [-0.1, -0.05) is 86.0 Å². The largest absolute Gasteiger partial charge is 0.0740 e. The van der Waals surface area contributed by atoms with Crippen LogP contribution in [0.3, 0.4) is 0 Å². The van der Waals surface area contributed by atoms with Crippen molar-refractivity contribution in [3.63, 3.8) is 0 Å². The van der Waals surface area contributed by atoms with Crippen molar-refractivity contribution in [2.75, 3.05) is 0 Å². The van der Waals surface area contributed by atoms with Gasteiger partial charge in [-0.3, -0.25) is 0 Å². The van der Waals surface area contributed by atoms with Gasteiger partial charge in [-0.25, -0.2) is 0 Å². The van der Waals surface area contributed by atoms with Gasteiger partial charge < -0.3 is 0 Å². The molecule has 0 aliphatic carbocycles. The van der Waals surface area contributed by atoms with Crippen LogP contribution in [0, 0.1) is 0 Å². The first kappa shape index (κ1) is 22.0. The Labute approximate surface area is 208 Å². The van der Waals surface area contributed by atoms with Crippen molar-refractivity contribution in [3.8, 4) is 0 Å². The Morgan fingerprint density at radius 2 is 0.971 bits per heavy atom. The maximum Gasteiger partial charge on any atom is 0.0473 e. The molecule has 34 heavy (non-hydrogen) atoms. The molecular weight excluding hydrogens is 473 g/mol. The van der Waals surface area contributed by atoms with Gasteiger partial charge in [-0.2, -0.15) is 0 Å². The highest BCUT2D eigenvalue weighted by atomic mass is 29.8. The van der Waals surface area contributed by atoms with Gasteiger partial charge in [0.05, 0.1) is 0 Å². The van der Waals surface area contributed by atoms with Crippen molar-refractivity contribution < 1.29 is 0 Å². The van der Waals surface area contributed by atoms with Crippen molar-refractivity contribution in [1.29, 1.82) is 0 Å². The summed E-state index contributed by atoms with van der Waals surface area (Å²) in [7, 11) is -0.841. The SMILES string of the molecule is C[Si](C)([SiH3])[Si](C)(C)[SiH2]c1cccc2cc3c(ccc4cc5cc6ccccc6cc5cc43)cc12.